The third-order valence-electron chi connectivity index (χ3n) is 2.63. The Balaban J connectivity index is 4.27. The highest BCUT2D eigenvalue weighted by atomic mass is 16.2. The van der Waals surface area contributed by atoms with Gasteiger partial charge in [-0.1, -0.05) is 27.7 Å². The van der Waals surface area contributed by atoms with Crippen LogP contribution in [0.15, 0.2) is 0 Å². The normalized spacial score (nSPS) is 10.9. The third-order valence-corrected chi connectivity index (χ3v) is 2.63. The second kappa shape index (κ2) is 8.09. The summed E-state index contributed by atoms with van der Waals surface area (Å²) in [7, 11) is 0. The van der Waals surface area contributed by atoms with Crippen LogP contribution >= 0.6 is 0 Å². The molecule has 100 valence electrons. The average molecular weight is 242 g/mol. The molecule has 0 atom stereocenters. The molecule has 0 aliphatic carbocycles. The van der Waals surface area contributed by atoms with Crippen LogP contribution in [0.3, 0.4) is 0 Å². The Morgan fingerprint density at radius 2 is 1.41 bits per heavy atom. The first kappa shape index (κ1) is 15.9. The first-order chi connectivity index (χ1) is 7.82. The minimum Gasteiger partial charge on any atom is -0.369 e. The molecule has 0 rings (SSSR count). The summed E-state index contributed by atoms with van der Waals surface area (Å²) in [6.45, 7) is 9.93. The Bertz CT molecular complexity index is 238. The minimum absolute atomic E-state index is 0.140. The highest BCUT2D eigenvalue weighted by Crippen LogP contribution is 2.07. The quantitative estimate of drug-likeness (QED) is 0.659. The first-order valence-corrected chi connectivity index (χ1v) is 6.39. The van der Waals surface area contributed by atoms with Gasteiger partial charge in [0.05, 0.1) is 0 Å². The zero-order valence-electron chi connectivity index (χ0n) is 11.5. The summed E-state index contributed by atoms with van der Waals surface area (Å²) in [5.74, 6) is 0.420. The number of primary amides is 1. The lowest BCUT2D eigenvalue weighted by atomic mass is 10.1. The number of carbonyl (C=O) groups is 2. The van der Waals surface area contributed by atoms with Crippen LogP contribution in [0.2, 0.25) is 0 Å². The fourth-order valence-corrected chi connectivity index (χ4v) is 1.45. The van der Waals surface area contributed by atoms with Crippen molar-refractivity contribution in [3.8, 4) is 0 Å². The number of nitrogens with zero attached hydrogens (tertiary/aromatic N) is 1. The van der Waals surface area contributed by atoms with Crippen molar-refractivity contribution < 1.29 is 9.59 Å². The van der Waals surface area contributed by atoms with Gasteiger partial charge in [-0.25, -0.2) is 0 Å². The molecule has 0 bridgehead atoms. The van der Waals surface area contributed by atoms with Gasteiger partial charge in [0, 0.05) is 13.1 Å². The highest BCUT2D eigenvalue weighted by molar-refractivity contribution is 5.96. The zero-order chi connectivity index (χ0) is 13.4. The second-order valence-corrected chi connectivity index (χ2v) is 5.39. The van der Waals surface area contributed by atoms with Gasteiger partial charge >= 0.3 is 0 Å². The summed E-state index contributed by atoms with van der Waals surface area (Å²) in [4.78, 5) is 24.3. The lowest BCUT2D eigenvalue weighted by Crippen LogP contribution is -2.36. The van der Waals surface area contributed by atoms with E-state index in [4.69, 9.17) is 5.73 Å². The molecule has 0 unspecified atom stereocenters. The number of amides is 2. The molecule has 0 aliphatic heterocycles. The Labute approximate surface area is 105 Å². The number of rotatable bonds is 8. The summed E-state index contributed by atoms with van der Waals surface area (Å²) in [6.07, 6.45) is 1.75. The largest absolute Gasteiger partial charge is 0.369 e. The van der Waals surface area contributed by atoms with Crippen LogP contribution in [0.5, 0.6) is 0 Å². The van der Waals surface area contributed by atoms with E-state index in [9.17, 15) is 9.59 Å². The molecule has 4 nitrogen and oxygen atoms in total. The molecule has 0 saturated heterocycles. The second-order valence-electron chi connectivity index (χ2n) is 5.39. The molecular formula is C13H26N2O2. The van der Waals surface area contributed by atoms with Crippen molar-refractivity contribution in [1.82, 2.24) is 4.90 Å². The first-order valence-electron chi connectivity index (χ1n) is 6.39. The van der Waals surface area contributed by atoms with Gasteiger partial charge in [0.15, 0.2) is 0 Å². The van der Waals surface area contributed by atoms with Crippen molar-refractivity contribution in [3.05, 3.63) is 0 Å². The molecule has 0 aromatic carbocycles. The SMILES string of the molecule is CC(C)CCN(CCC(C)C)C(=O)CC(N)=O. The maximum Gasteiger partial charge on any atom is 0.231 e. The number of hydrogen-bond acceptors (Lipinski definition) is 2. The molecule has 4 heteroatoms. The monoisotopic (exact) mass is 242 g/mol. The van der Waals surface area contributed by atoms with Crippen molar-refractivity contribution in [2.45, 2.75) is 47.0 Å². The molecule has 0 radical (unpaired) electrons. The molecule has 0 fully saturated rings. The van der Waals surface area contributed by atoms with E-state index in [2.05, 4.69) is 27.7 Å². The van der Waals surface area contributed by atoms with E-state index >= 15 is 0 Å². The van der Waals surface area contributed by atoms with Gasteiger partial charge in [-0.15, -0.1) is 0 Å². The Morgan fingerprint density at radius 1 is 1.00 bits per heavy atom. The molecule has 0 aromatic heterocycles. The van der Waals surface area contributed by atoms with Gasteiger partial charge < -0.3 is 10.6 Å². The fourth-order valence-electron chi connectivity index (χ4n) is 1.45. The van der Waals surface area contributed by atoms with E-state index < -0.39 is 5.91 Å². The highest BCUT2D eigenvalue weighted by Gasteiger charge is 2.16. The van der Waals surface area contributed by atoms with E-state index in [0.29, 0.717) is 11.8 Å². The third kappa shape index (κ3) is 8.72. The van der Waals surface area contributed by atoms with Crippen LogP contribution in [0.1, 0.15) is 47.0 Å². The van der Waals surface area contributed by atoms with Gasteiger partial charge in [-0.05, 0) is 24.7 Å². The van der Waals surface area contributed by atoms with Crippen molar-refractivity contribution in [3.63, 3.8) is 0 Å². The van der Waals surface area contributed by atoms with Crippen LogP contribution in [-0.2, 0) is 9.59 Å². The van der Waals surface area contributed by atoms with Crippen molar-refractivity contribution in [1.29, 1.82) is 0 Å². The van der Waals surface area contributed by atoms with E-state index in [0.717, 1.165) is 25.9 Å². The van der Waals surface area contributed by atoms with Crippen LogP contribution in [-0.4, -0.2) is 29.8 Å². The van der Waals surface area contributed by atoms with Crippen molar-refractivity contribution >= 4 is 11.8 Å². The van der Waals surface area contributed by atoms with E-state index in [1.165, 1.54) is 0 Å². The van der Waals surface area contributed by atoms with Gasteiger partial charge in [0.25, 0.3) is 0 Å². The molecule has 17 heavy (non-hydrogen) atoms. The van der Waals surface area contributed by atoms with Crippen LogP contribution < -0.4 is 5.73 Å². The van der Waals surface area contributed by atoms with Crippen LogP contribution in [0, 0.1) is 11.8 Å². The average Bonchev–Trinajstić information content (AvgIpc) is 2.15. The maximum atomic E-state index is 11.8. The summed E-state index contributed by atoms with van der Waals surface area (Å²) in [6, 6.07) is 0. The summed E-state index contributed by atoms with van der Waals surface area (Å²) < 4.78 is 0. The fraction of sp³-hybridized carbons (Fsp3) is 0.846. The van der Waals surface area contributed by atoms with E-state index in [1.54, 1.807) is 4.90 Å². The van der Waals surface area contributed by atoms with Crippen LogP contribution in [0.25, 0.3) is 0 Å². The molecule has 0 saturated carbocycles. The van der Waals surface area contributed by atoms with Crippen LogP contribution in [0.4, 0.5) is 0 Å². The van der Waals surface area contributed by atoms with Gasteiger partial charge in [0.1, 0.15) is 6.42 Å². The van der Waals surface area contributed by atoms with Gasteiger partial charge in [-0.3, -0.25) is 9.59 Å². The Kier molecular flexibility index (Phi) is 7.59. The standard InChI is InChI=1S/C13H26N2O2/c1-10(2)5-7-15(8-6-11(3)4)13(17)9-12(14)16/h10-11H,5-9H2,1-4H3,(H2,14,16). The van der Waals surface area contributed by atoms with E-state index in [-0.39, 0.29) is 12.3 Å². The minimum atomic E-state index is -0.547. The summed E-state index contributed by atoms with van der Waals surface area (Å²) in [5.41, 5.74) is 5.06. The Hall–Kier alpha value is -1.06. The lowest BCUT2D eigenvalue weighted by Gasteiger charge is -2.24. The zero-order valence-corrected chi connectivity index (χ0v) is 11.5. The van der Waals surface area contributed by atoms with Crippen molar-refractivity contribution in [2.75, 3.05) is 13.1 Å². The van der Waals surface area contributed by atoms with E-state index in [1.807, 2.05) is 0 Å². The predicted molar refractivity (Wildman–Crippen MR) is 69.3 cm³/mol. The van der Waals surface area contributed by atoms with Crippen molar-refractivity contribution in [2.24, 2.45) is 17.6 Å². The predicted octanol–water partition coefficient (Wildman–Crippen LogP) is 1.78. The maximum absolute atomic E-state index is 11.8. The molecule has 2 amide bonds. The summed E-state index contributed by atoms with van der Waals surface area (Å²) >= 11 is 0. The number of hydrogen-bond donors (Lipinski definition) is 1. The number of nitrogens with two attached hydrogens (primary N) is 1. The molecule has 0 spiro atoms. The lowest BCUT2D eigenvalue weighted by molar-refractivity contribution is -0.135. The summed E-state index contributed by atoms with van der Waals surface area (Å²) in [5, 5.41) is 0. The number of carbonyl (C=O) groups excluding carboxylic acids is 2. The van der Waals surface area contributed by atoms with Gasteiger partial charge in [0.2, 0.25) is 11.8 Å². The molecular weight excluding hydrogens is 216 g/mol. The van der Waals surface area contributed by atoms with Gasteiger partial charge in [-0.2, -0.15) is 0 Å². The molecule has 0 heterocycles. The smallest absolute Gasteiger partial charge is 0.231 e. The molecule has 0 aliphatic rings. The molecule has 0 aromatic rings. The topological polar surface area (TPSA) is 63.4 Å². The molecule has 2 N–H and O–H groups in total. The Morgan fingerprint density at radius 3 is 1.71 bits per heavy atom.